The number of fused-ring (bicyclic) bond motifs is 1. The van der Waals surface area contributed by atoms with E-state index in [1.165, 1.54) is 22.0 Å². The average molecular weight is 253 g/mol. The van der Waals surface area contributed by atoms with Crippen LogP contribution in [0.5, 0.6) is 0 Å². The third-order valence-corrected chi connectivity index (χ3v) is 3.06. The molecule has 0 atom stereocenters. The van der Waals surface area contributed by atoms with E-state index in [0.29, 0.717) is 0 Å². The number of aryl methyl sites for hydroxylation is 1. The number of benzene rings is 1. The maximum atomic E-state index is 3.37. The molecule has 0 saturated carbocycles. The number of hydrogen-bond donors (Lipinski definition) is 2. The van der Waals surface area contributed by atoms with Crippen molar-refractivity contribution in [1.82, 2.24) is 10.3 Å². The van der Waals surface area contributed by atoms with Crippen molar-refractivity contribution < 1.29 is 0 Å². The third-order valence-electron chi connectivity index (χ3n) is 3.06. The van der Waals surface area contributed by atoms with Gasteiger partial charge in [-0.1, -0.05) is 19.9 Å². The highest BCUT2D eigenvalue weighted by molar-refractivity contribution is 5.85. The van der Waals surface area contributed by atoms with Crippen LogP contribution in [0, 0.1) is 0 Å². The molecule has 2 N–H and O–H groups in total. The Morgan fingerprint density at radius 2 is 2.06 bits per heavy atom. The summed E-state index contributed by atoms with van der Waals surface area (Å²) < 4.78 is 0. The average Bonchev–Trinajstić information content (AvgIpc) is 2.72. The second kappa shape index (κ2) is 6.67. The lowest BCUT2D eigenvalue weighted by Gasteiger charge is -2.02. The van der Waals surface area contributed by atoms with Crippen LogP contribution in [-0.4, -0.2) is 18.1 Å². The van der Waals surface area contributed by atoms with E-state index >= 15 is 0 Å². The van der Waals surface area contributed by atoms with Gasteiger partial charge in [-0.25, -0.2) is 0 Å². The first kappa shape index (κ1) is 14.1. The third kappa shape index (κ3) is 3.24. The molecule has 0 spiro atoms. The molecule has 0 unspecified atom stereocenters. The first-order valence-electron chi connectivity index (χ1n) is 6.14. The van der Waals surface area contributed by atoms with Crippen molar-refractivity contribution in [3.63, 3.8) is 0 Å². The topological polar surface area (TPSA) is 27.8 Å². The molecule has 0 saturated heterocycles. The first-order valence-corrected chi connectivity index (χ1v) is 6.14. The number of rotatable bonds is 5. The number of H-pyrrole nitrogens is 1. The predicted molar refractivity (Wildman–Crippen MR) is 77.2 cm³/mol. The van der Waals surface area contributed by atoms with Gasteiger partial charge in [0, 0.05) is 17.1 Å². The van der Waals surface area contributed by atoms with Crippen LogP contribution in [0.1, 0.15) is 25.0 Å². The van der Waals surface area contributed by atoms with E-state index in [9.17, 15) is 0 Å². The van der Waals surface area contributed by atoms with Crippen LogP contribution in [0.4, 0.5) is 0 Å². The molecule has 2 rings (SSSR count). The van der Waals surface area contributed by atoms with Gasteiger partial charge < -0.3 is 10.3 Å². The molecule has 0 aliphatic heterocycles. The summed E-state index contributed by atoms with van der Waals surface area (Å²) >= 11 is 0. The van der Waals surface area contributed by atoms with Crippen molar-refractivity contribution in [2.45, 2.75) is 26.7 Å². The van der Waals surface area contributed by atoms with Gasteiger partial charge in [0.05, 0.1) is 0 Å². The van der Waals surface area contributed by atoms with Crippen LogP contribution in [0.2, 0.25) is 0 Å². The van der Waals surface area contributed by atoms with E-state index in [1.807, 2.05) is 0 Å². The number of aromatic nitrogens is 1. The fourth-order valence-corrected chi connectivity index (χ4v) is 2.05. The molecule has 2 aromatic rings. The molecule has 1 aromatic carbocycles. The van der Waals surface area contributed by atoms with E-state index in [1.54, 1.807) is 0 Å². The number of aromatic amines is 1. The van der Waals surface area contributed by atoms with E-state index < -0.39 is 0 Å². The lowest BCUT2D eigenvalue weighted by molar-refractivity contribution is 0.718. The van der Waals surface area contributed by atoms with Crippen molar-refractivity contribution in [3.8, 4) is 0 Å². The first-order chi connectivity index (χ1) is 7.85. The zero-order valence-electron chi connectivity index (χ0n) is 10.5. The summed E-state index contributed by atoms with van der Waals surface area (Å²) in [4.78, 5) is 3.34. The van der Waals surface area contributed by atoms with Crippen molar-refractivity contribution in [2.24, 2.45) is 0 Å². The van der Waals surface area contributed by atoms with Gasteiger partial charge in [-0.2, -0.15) is 0 Å². The van der Waals surface area contributed by atoms with Crippen molar-refractivity contribution in [2.75, 3.05) is 13.1 Å². The Morgan fingerprint density at radius 3 is 2.76 bits per heavy atom. The Kier molecular flexibility index (Phi) is 5.52. The summed E-state index contributed by atoms with van der Waals surface area (Å²) in [7, 11) is 0. The Bertz CT molecular complexity index is 462. The van der Waals surface area contributed by atoms with E-state index in [0.717, 1.165) is 25.9 Å². The largest absolute Gasteiger partial charge is 0.361 e. The lowest BCUT2D eigenvalue weighted by Crippen LogP contribution is -2.15. The fourth-order valence-electron chi connectivity index (χ4n) is 2.05. The van der Waals surface area contributed by atoms with Gasteiger partial charge in [0.15, 0.2) is 0 Å². The molecule has 3 heteroatoms. The minimum absolute atomic E-state index is 0. The van der Waals surface area contributed by atoms with Gasteiger partial charge in [-0.3, -0.25) is 0 Å². The molecule has 17 heavy (non-hydrogen) atoms. The molecule has 1 heterocycles. The summed E-state index contributed by atoms with van der Waals surface area (Å²) in [5, 5.41) is 4.75. The van der Waals surface area contributed by atoms with Crippen LogP contribution in [0.25, 0.3) is 10.9 Å². The molecule has 0 amide bonds. The maximum absolute atomic E-state index is 3.37. The molecule has 0 fully saturated rings. The zero-order chi connectivity index (χ0) is 11.4. The molecule has 1 aromatic heterocycles. The highest BCUT2D eigenvalue weighted by Crippen LogP contribution is 2.20. The second-order valence-electron chi connectivity index (χ2n) is 4.15. The quantitative estimate of drug-likeness (QED) is 0.786. The number of halogens is 1. The summed E-state index contributed by atoms with van der Waals surface area (Å²) in [6, 6.07) is 6.70. The lowest BCUT2D eigenvalue weighted by atomic mass is 10.1. The van der Waals surface area contributed by atoms with E-state index in [4.69, 9.17) is 0 Å². The van der Waals surface area contributed by atoms with Gasteiger partial charge in [0.2, 0.25) is 0 Å². The van der Waals surface area contributed by atoms with Crippen LogP contribution in [0.15, 0.2) is 24.4 Å². The molecule has 0 aliphatic carbocycles. The zero-order valence-corrected chi connectivity index (χ0v) is 11.4. The minimum Gasteiger partial charge on any atom is -0.361 e. The summed E-state index contributed by atoms with van der Waals surface area (Å²) in [5.41, 5.74) is 4.09. The standard InChI is InChI=1S/C14H20N2.ClH/c1-3-11-5-6-14-13(9-11)12(10-16-14)7-8-15-4-2;/h5-6,9-10,15-16H,3-4,7-8H2,1-2H3;1H. The molecule has 94 valence electrons. The summed E-state index contributed by atoms with van der Waals surface area (Å²) in [6.45, 7) is 6.44. The molecule has 0 bridgehead atoms. The molecular weight excluding hydrogens is 232 g/mol. The second-order valence-corrected chi connectivity index (χ2v) is 4.15. The van der Waals surface area contributed by atoms with Crippen LogP contribution in [0.3, 0.4) is 0 Å². The highest BCUT2D eigenvalue weighted by atomic mass is 35.5. The number of nitrogens with one attached hydrogen (secondary N) is 2. The smallest absolute Gasteiger partial charge is 0.0456 e. The molecular formula is C14H21ClN2. The van der Waals surface area contributed by atoms with E-state index in [2.05, 4.69) is 48.5 Å². The van der Waals surface area contributed by atoms with Crippen molar-refractivity contribution in [1.29, 1.82) is 0 Å². The summed E-state index contributed by atoms with van der Waals surface area (Å²) in [5.74, 6) is 0. The normalized spacial score (nSPS) is 10.5. The fraction of sp³-hybridized carbons (Fsp3) is 0.429. The Balaban J connectivity index is 0.00000144. The minimum atomic E-state index is 0. The number of hydrogen-bond acceptors (Lipinski definition) is 1. The van der Waals surface area contributed by atoms with Crippen molar-refractivity contribution >= 4 is 23.3 Å². The maximum Gasteiger partial charge on any atom is 0.0456 e. The highest BCUT2D eigenvalue weighted by Gasteiger charge is 2.03. The van der Waals surface area contributed by atoms with Gasteiger partial charge in [-0.15, -0.1) is 12.4 Å². The van der Waals surface area contributed by atoms with Gasteiger partial charge >= 0.3 is 0 Å². The van der Waals surface area contributed by atoms with Crippen molar-refractivity contribution in [3.05, 3.63) is 35.5 Å². The van der Waals surface area contributed by atoms with Gasteiger partial charge in [0.25, 0.3) is 0 Å². The SMILES string of the molecule is CCNCCc1c[nH]c2ccc(CC)cc12.Cl. The Hall–Kier alpha value is -0.990. The van der Waals surface area contributed by atoms with E-state index in [-0.39, 0.29) is 12.4 Å². The van der Waals surface area contributed by atoms with Gasteiger partial charge in [0.1, 0.15) is 0 Å². The summed E-state index contributed by atoms with van der Waals surface area (Å²) in [6.07, 6.45) is 4.34. The molecule has 0 radical (unpaired) electrons. The molecule has 0 aliphatic rings. The van der Waals surface area contributed by atoms with Crippen LogP contribution in [-0.2, 0) is 12.8 Å². The molecule has 2 nitrogen and oxygen atoms in total. The monoisotopic (exact) mass is 252 g/mol. The van der Waals surface area contributed by atoms with Crippen LogP contribution < -0.4 is 5.32 Å². The number of likely N-dealkylation sites (N-methyl/N-ethyl adjacent to an activating group) is 1. The predicted octanol–water partition coefficient (Wildman–Crippen LogP) is 3.30. The van der Waals surface area contributed by atoms with Crippen LogP contribution >= 0.6 is 12.4 Å². The Morgan fingerprint density at radius 1 is 1.24 bits per heavy atom. The van der Waals surface area contributed by atoms with Gasteiger partial charge in [-0.05, 0) is 49.2 Å². The Labute approximate surface area is 109 Å².